The molecule has 2 rings (SSSR count). The first-order valence-corrected chi connectivity index (χ1v) is 4.64. The predicted octanol–water partition coefficient (Wildman–Crippen LogP) is 1.13. The number of halogens is 1. The van der Waals surface area contributed by atoms with Crippen molar-refractivity contribution in [2.75, 3.05) is 7.05 Å². The Morgan fingerprint density at radius 3 is 2.46 bits per heavy atom. The van der Waals surface area contributed by atoms with Crippen LogP contribution in [0.2, 0.25) is 0 Å². The van der Waals surface area contributed by atoms with Crippen molar-refractivity contribution in [3.8, 4) is 0 Å². The SMILES string of the molecule is CN[C@H]1[C@@H]2CC[C@@H](C2)[C@H]1C(=O)O.Cl. The van der Waals surface area contributed by atoms with Crippen LogP contribution >= 0.6 is 12.4 Å². The molecule has 4 atom stereocenters. The van der Waals surface area contributed by atoms with Crippen LogP contribution in [0.5, 0.6) is 0 Å². The number of fused-ring (bicyclic) bond motifs is 2. The van der Waals surface area contributed by atoms with E-state index in [0.29, 0.717) is 11.8 Å². The van der Waals surface area contributed by atoms with Crippen LogP contribution in [0.25, 0.3) is 0 Å². The number of carboxylic acid groups (broad SMARTS) is 1. The van der Waals surface area contributed by atoms with Crippen LogP contribution in [0.15, 0.2) is 0 Å². The van der Waals surface area contributed by atoms with E-state index < -0.39 is 5.97 Å². The Kier molecular flexibility index (Phi) is 3.19. The first-order chi connectivity index (χ1) is 5.74. The minimum Gasteiger partial charge on any atom is -0.481 e. The highest BCUT2D eigenvalue weighted by molar-refractivity contribution is 5.85. The molecule has 0 aromatic rings. The molecular weight excluding hydrogens is 190 g/mol. The van der Waals surface area contributed by atoms with E-state index in [4.69, 9.17) is 5.11 Å². The van der Waals surface area contributed by atoms with Crippen LogP contribution in [-0.4, -0.2) is 24.2 Å². The van der Waals surface area contributed by atoms with Crippen molar-refractivity contribution in [1.82, 2.24) is 5.32 Å². The van der Waals surface area contributed by atoms with Gasteiger partial charge in [0, 0.05) is 6.04 Å². The summed E-state index contributed by atoms with van der Waals surface area (Å²) in [6, 6.07) is 0.237. The van der Waals surface area contributed by atoms with Gasteiger partial charge in [0.1, 0.15) is 0 Å². The molecular formula is C9H16ClNO2. The second-order valence-corrected chi connectivity index (χ2v) is 4.01. The van der Waals surface area contributed by atoms with Crippen molar-refractivity contribution in [2.24, 2.45) is 17.8 Å². The molecule has 13 heavy (non-hydrogen) atoms. The van der Waals surface area contributed by atoms with Crippen molar-refractivity contribution < 1.29 is 9.90 Å². The van der Waals surface area contributed by atoms with Crippen molar-refractivity contribution in [2.45, 2.75) is 25.3 Å². The molecule has 76 valence electrons. The zero-order valence-corrected chi connectivity index (χ0v) is 8.51. The van der Waals surface area contributed by atoms with Crippen LogP contribution < -0.4 is 5.32 Å². The van der Waals surface area contributed by atoms with Gasteiger partial charge in [-0.15, -0.1) is 12.4 Å². The quantitative estimate of drug-likeness (QED) is 0.711. The highest BCUT2D eigenvalue weighted by atomic mass is 35.5. The van der Waals surface area contributed by atoms with Crippen molar-refractivity contribution in [3.63, 3.8) is 0 Å². The lowest BCUT2D eigenvalue weighted by molar-refractivity contribution is -0.144. The zero-order chi connectivity index (χ0) is 8.72. The summed E-state index contributed by atoms with van der Waals surface area (Å²) in [6.45, 7) is 0. The van der Waals surface area contributed by atoms with Crippen molar-refractivity contribution in [1.29, 1.82) is 0 Å². The molecule has 2 bridgehead atoms. The average Bonchev–Trinajstić information content (AvgIpc) is 2.60. The molecule has 0 spiro atoms. The molecule has 0 aromatic heterocycles. The number of rotatable bonds is 2. The van der Waals surface area contributed by atoms with E-state index in [1.807, 2.05) is 7.05 Å². The molecule has 2 fully saturated rings. The molecule has 0 unspecified atom stereocenters. The van der Waals surface area contributed by atoms with E-state index in [1.54, 1.807) is 0 Å². The van der Waals surface area contributed by atoms with E-state index in [2.05, 4.69) is 5.32 Å². The third kappa shape index (κ3) is 1.55. The highest BCUT2D eigenvalue weighted by Crippen LogP contribution is 2.48. The third-order valence-corrected chi connectivity index (χ3v) is 3.53. The first-order valence-electron chi connectivity index (χ1n) is 4.64. The summed E-state index contributed by atoms with van der Waals surface area (Å²) in [4.78, 5) is 10.9. The van der Waals surface area contributed by atoms with Crippen LogP contribution in [0, 0.1) is 17.8 Å². The van der Waals surface area contributed by atoms with Crippen LogP contribution in [0.1, 0.15) is 19.3 Å². The fourth-order valence-corrected chi connectivity index (χ4v) is 3.06. The fraction of sp³-hybridized carbons (Fsp3) is 0.889. The molecule has 0 saturated heterocycles. The Balaban J connectivity index is 0.000000845. The monoisotopic (exact) mass is 205 g/mol. The number of hydrogen-bond acceptors (Lipinski definition) is 2. The first kappa shape index (κ1) is 10.8. The van der Waals surface area contributed by atoms with Crippen molar-refractivity contribution in [3.05, 3.63) is 0 Å². The van der Waals surface area contributed by atoms with Gasteiger partial charge in [-0.1, -0.05) is 0 Å². The predicted molar refractivity (Wildman–Crippen MR) is 52.1 cm³/mol. The van der Waals surface area contributed by atoms with Gasteiger partial charge in [0.2, 0.25) is 0 Å². The van der Waals surface area contributed by atoms with E-state index in [-0.39, 0.29) is 24.4 Å². The normalized spacial score (nSPS) is 41.6. The maximum absolute atomic E-state index is 10.9. The lowest BCUT2D eigenvalue weighted by atomic mass is 9.84. The standard InChI is InChI=1S/C9H15NO2.ClH/c1-10-8-6-3-2-5(4-6)7(8)9(11)12;/h5-8,10H,2-4H2,1H3,(H,11,12);1H/t5-,6+,7+,8-;/m0./s1. The minimum absolute atomic E-state index is 0. The van der Waals surface area contributed by atoms with Gasteiger partial charge in [0.15, 0.2) is 0 Å². The topological polar surface area (TPSA) is 49.3 Å². The Morgan fingerprint density at radius 2 is 2.00 bits per heavy atom. The molecule has 0 amide bonds. The summed E-state index contributed by atoms with van der Waals surface area (Å²) in [6.07, 6.45) is 3.47. The number of nitrogens with one attached hydrogen (secondary N) is 1. The van der Waals surface area contributed by atoms with Gasteiger partial charge in [-0.2, -0.15) is 0 Å². The molecule has 0 heterocycles. The van der Waals surface area contributed by atoms with Crippen LogP contribution in [0.4, 0.5) is 0 Å². The number of aliphatic carboxylic acids is 1. The molecule has 2 aliphatic carbocycles. The van der Waals surface area contributed by atoms with Gasteiger partial charge in [-0.05, 0) is 38.1 Å². The highest BCUT2D eigenvalue weighted by Gasteiger charge is 2.50. The number of carboxylic acids is 1. The summed E-state index contributed by atoms with van der Waals surface area (Å²) < 4.78 is 0. The van der Waals surface area contributed by atoms with E-state index >= 15 is 0 Å². The molecule has 0 aliphatic heterocycles. The molecule has 2 saturated carbocycles. The molecule has 2 N–H and O–H groups in total. The zero-order valence-electron chi connectivity index (χ0n) is 7.69. The molecule has 0 aromatic carbocycles. The smallest absolute Gasteiger partial charge is 0.308 e. The lowest BCUT2D eigenvalue weighted by Crippen LogP contribution is -2.42. The maximum atomic E-state index is 10.9. The Labute approximate surface area is 84.3 Å². The summed E-state index contributed by atoms with van der Waals surface area (Å²) in [7, 11) is 1.88. The number of hydrogen-bond donors (Lipinski definition) is 2. The van der Waals surface area contributed by atoms with Gasteiger partial charge in [0.25, 0.3) is 0 Å². The lowest BCUT2D eigenvalue weighted by Gasteiger charge is -2.27. The second kappa shape index (κ2) is 3.84. The molecule has 0 radical (unpaired) electrons. The Hall–Kier alpha value is -0.280. The molecule has 3 nitrogen and oxygen atoms in total. The van der Waals surface area contributed by atoms with E-state index in [9.17, 15) is 4.79 Å². The Morgan fingerprint density at radius 1 is 1.38 bits per heavy atom. The molecule has 2 aliphatic rings. The van der Waals surface area contributed by atoms with Crippen LogP contribution in [0.3, 0.4) is 0 Å². The van der Waals surface area contributed by atoms with Gasteiger partial charge >= 0.3 is 5.97 Å². The van der Waals surface area contributed by atoms with E-state index in [1.165, 1.54) is 6.42 Å². The fourth-order valence-electron chi connectivity index (χ4n) is 3.06. The second-order valence-electron chi connectivity index (χ2n) is 4.01. The molecule has 4 heteroatoms. The summed E-state index contributed by atoms with van der Waals surface area (Å²) in [5, 5.41) is 12.1. The summed E-state index contributed by atoms with van der Waals surface area (Å²) in [5.74, 6) is 0.348. The average molecular weight is 206 g/mol. The third-order valence-electron chi connectivity index (χ3n) is 3.53. The van der Waals surface area contributed by atoms with Crippen LogP contribution in [-0.2, 0) is 4.79 Å². The summed E-state index contributed by atoms with van der Waals surface area (Å²) in [5.41, 5.74) is 0. The largest absolute Gasteiger partial charge is 0.481 e. The van der Waals surface area contributed by atoms with Gasteiger partial charge in [0.05, 0.1) is 5.92 Å². The Bertz CT molecular complexity index is 210. The van der Waals surface area contributed by atoms with E-state index in [0.717, 1.165) is 12.8 Å². The maximum Gasteiger partial charge on any atom is 0.308 e. The van der Waals surface area contributed by atoms with Gasteiger partial charge in [-0.3, -0.25) is 4.79 Å². The van der Waals surface area contributed by atoms with Gasteiger partial charge in [-0.25, -0.2) is 0 Å². The minimum atomic E-state index is -0.610. The van der Waals surface area contributed by atoms with Gasteiger partial charge < -0.3 is 10.4 Å². The number of carbonyl (C=O) groups is 1. The summed E-state index contributed by atoms with van der Waals surface area (Å²) >= 11 is 0. The van der Waals surface area contributed by atoms with Crippen molar-refractivity contribution >= 4 is 18.4 Å².